The van der Waals surface area contributed by atoms with Crippen molar-refractivity contribution in [3.8, 4) is 0 Å². The number of urea groups is 1. The van der Waals surface area contributed by atoms with Gasteiger partial charge in [0, 0.05) is 17.2 Å². The molecular formula is C15H19N3O6. The highest BCUT2D eigenvalue weighted by Gasteiger charge is 2.19. The molecule has 130 valence electrons. The predicted molar refractivity (Wildman–Crippen MR) is 84.5 cm³/mol. The summed E-state index contributed by atoms with van der Waals surface area (Å²) in [6.45, 7) is 6.07. The lowest BCUT2D eigenvalue weighted by molar-refractivity contribution is -0.385. The topological polar surface area (TPSA) is 128 Å². The van der Waals surface area contributed by atoms with Crippen LogP contribution in [-0.2, 0) is 9.53 Å². The van der Waals surface area contributed by atoms with Gasteiger partial charge < -0.3 is 10.1 Å². The summed E-state index contributed by atoms with van der Waals surface area (Å²) in [5.74, 6) is -1.71. The van der Waals surface area contributed by atoms with Crippen LogP contribution in [0.2, 0.25) is 0 Å². The number of amides is 3. The summed E-state index contributed by atoms with van der Waals surface area (Å²) in [6, 6.07) is 3.12. The number of imide groups is 1. The van der Waals surface area contributed by atoms with Gasteiger partial charge in [-0.1, -0.05) is 6.07 Å². The van der Waals surface area contributed by atoms with Gasteiger partial charge in [0.2, 0.25) is 0 Å². The number of ether oxygens (including phenoxy) is 1. The van der Waals surface area contributed by atoms with Gasteiger partial charge in [0.25, 0.3) is 11.6 Å². The first-order valence-corrected chi connectivity index (χ1v) is 7.04. The number of rotatable bonds is 4. The molecule has 9 heteroatoms. The van der Waals surface area contributed by atoms with Crippen molar-refractivity contribution in [2.45, 2.75) is 33.2 Å². The molecular weight excluding hydrogens is 318 g/mol. The maximum atomic E-state index is 11.8. The van der Waals surface area contributed by atoms with Gasteiger partial charge in [0.15, 0.2) is 6.61 Å². The fraction of sp³-hybridized carbons (Fsp3) is 0.400. The summed E-state index contributed by atoms with van der Waals surface area (Å²) < 4.78 is 4.74. The van der Waals surface area contributed by atoms with Gasteiger partial charge in [-0.25, -0.2) is 9.59 Å². The third-order valence-electron chi connectivity index (χ3n) is 2.72. The number of nitrogens with zero attached hydrogens (tertiary/aromatic N) is 1. The second kappa shape index (κ2) is 7.53. The fourth-order valence-electron chi connectivity index (χ4n) is 1.68. The smallest absolute Gasteiger partial charge is 0.338 e. The predicted octanol–water partition coefficient (Wildman–Crippen LogP) is 1.68. The van der Waals surface area contributed by atoms with E-state index in [9.17, 15) is 24.5 Å². The first kappa shape index (κ1) is 19.1. The summed E-state index contributed by atoms with van der Waals surface area (Å²) >= 11 is 0. The van der Waals surface area contributed by atoms with Crippen LogP contribution in [-0.4, -0.2) is 35.0 Å². The highest BCUT2D eigenvalue weighted by Crippen LogP contribution is 2.19. The maximum Gasteiger partial charge on any atom is 0.338 e. The van der Waals surface area contributed by atoms with E-state index in [1.165, 1.54) is 19.1 Å². The van der Waals surface area contributed by atoms with E-state index in [2.05, 4.69) is 5.32 Å². The highest BCUT2D eigenvalue weighted by atomic mass is 16.6. The Balaban J connectivity index is 2.60. The lowest BCUT2D eigenvalue weighted by Gasteiger charge is -2.20. The van der Waals surface area contributed by atoms with Crippen LogP contribution >= 0.6 is 0 Å². The third-order valence-corrected chi connectivity index (χ3v) is 2.72. The first-order chi connectivity index (χ1) is 11.0. The van der Waals surface area contributed by atoms with Crippen LogP contribution in [0.25, 0.3) is 0 Å². The van der Waals surface area contributed by atoms with Crippen LogP contribution < -0.4 is 10.6 Å². The van der Waals surface area contributed by atoms with E-state index in [0.29, 0.717) is 5.56 Å². The molecule has 24 heavy (non-hydrogen) atoms. The summed E-state index contributed by atoms with van der Waals surface area (Å²) in [5.41, 5.74) is -0.409. The Morgan fingerprint density at radius 2 is 1.88 bits per heavy atom. The highest BCUT2D eigenvalue weighted by molar-refractivity contribution is 5.97. The van der Waals surface area contributed by atoms with Crippen molar-refractivity contribution in [3.05, 3.63) is 39.4 Å². The van der Waals surface area contributed by atoms with Crippen molar-refractivity contribution in [3.63, 3.8) is 0 Å². The largest absolute Gasteiger partial charge is 0.452 e. The molecule has 3 amide bonds. The summed E-state index contributed by atoms with van der Waals surface area (Å²) in [4.78, 5) is 45.1. The van der Waals surface area contributed by atoms with E-state index in [-0.39, 0.29) is 11.3 Å². The molecule has 1 aromatic rings. The molecule has 0 saturated heterocycles. The zero-order valence-electron chi connectivity index (χ0n) is 13.8. The molecule has 1 rings (SSSR count). The van der Waals surface area contributed by atoms with Crippen LogP contribution in [0.3, 0.4) is 0 Å². The van der Waals surface area contributed by atoms with Crippen molar-refractivity contribution in [2.75, 3.05) is 6.61 Å². The first-order valence-electron chi connectivity index (χ1n) is 7.04. The van der Waals surface area contributed by atoms with E-state index in [1.807, 2.05) is 5.32 Å². The van der Waals surface area contributed by atoms with E-state index < -0.39 is 35.0 Å². The Morgan fingerprint density at radius 1 is 1.25 bits per heavy atom. The standard InChI is InChI=1S/C15H19N3O6/c1-9-5-6-10(7-11(9)18(22)23)13(20)24-8-12(19)16-14(21)17-15(2,3)4/h5-7H,8H2,1-4H3,(H2,16,17,19,21). The normalized spacial score (nSPS) is 10.7. The Hall–Kier alpha value is -2.97. The minimum atomic E-state index is -0.899. The molecule has 2 N–H and O–H groups in total. The molecule has 0 atom stereocenters. The van der Waals surface area contributed by atoms with Crippen molar-refractivity contribution < 1.29 is 24.0 Å². The molecule has 0 aliphatic rings. The second-order valence-corrected chi connectivity index (χ2v) is 6.09. The molecule has 0 fully saturated rings. The van der Waals surface area contributed by atoms with Gasteiger partial charge in [-0.2, -0.15) is 0 Å². The van der Waals surface area contributed by atoms with Crippen LogP contribution in [0.4, 0.5) is 10.5 Å². The van der Waals surface area contributed by atoms with Crippen molar-refractivity contribution in [1.29, 1.82) is 0 Å². The molecule has 1 aromatic carbocycles. The molecule has 0 heterocycles. The average molecular weight is 337 g/mol. The molecule has 0 saturated carbocycles. The Bertz CT molecular complexity index is 678. The molecule has 0 unspecified atom stereocenters. The quantitative estimate of drug-likeness (QED) is 0.489. The molecule has 9 nitrogen and oxygen atoms in total. The molecule has 0 aliphatic heterocycles. The van der Waals surface area contributed by atoms with Crippen LogP contribution in [0.5, 0.6) is 0 Å². The number of aryl methyl sites for hydroxylation is 1. The summed E-state index contributed by atoms with van der Waals surface area (Å²) in [7, 11) is 0. The van der Waals surface area contributed by atoms with Crippen LogP contribution in [0.1, 0.15) is 36.7 Å². The molecule has 0 aromatic heterocycles. The van der Waals surface area contributed by atoms with Gasteiger partial charge in [-0.05, 0) is 33.8 Å². The van der Waals surface area contributed by atoms with Crippen LogP contribution in [0, 0.1) is 17.0 Å². The Labute approximate surface area is 138 Å². The van der Waals surface area contributed by atoms with Crippen molar-refractivity contribution in [1.82, 2.24) is 10.6 Å². The third kappa shape index (κ3) is 6.03. The number of carbonyl (C=O) groups is 3. The van der Waals surface area contributed by atoms with E-state index in [1.54, 1.807) is 20.8 Å². The Kier molecular flexibility index (Phi) is 5.99. The van der Waals surface area contributed by atoms with Crippen molar-refractivity contribution >= 4 is 23.6 Å². The second-order valence-electron chi connectivity index (χ2n) is 6.09. The number of nitro benzene ring substituents is 1. The van der Waals surface area contributed by atoms with E-state index >= 15 is 0 Å². The SMILES string of the molecule is Cc1ccc(C(=O)OCC(=O)NC(=O)NC(C)(C)C)cc1[N+](=O)[O-]. The molecule has 0 aliphatic carbocycles. The van der Waals surface area contributed by atoms with Gasteiger partial charge in [-0.3, -0.25) is 20.2 Å². The number of hydrogen-bond donors (Lipinski definition) is 2. The Morgan fingerprint density at radius 3 is 2.42 bits per heavy atom. The number of nitrogens with one attached hydrogen (secondary N) is 2. The van der Waals surface area contributed by atoms with E-state index in [4.69, 9.17) is 4.74 Å². The number of nitro groups is 1. The van der Waals surface area contributed by atoms with Crippen LogP contribution in [0.15, 0.2) is 18.2 Å². The van der Waals surface area contributed by atoms with Gasteiger partial charge in [0.05, 0.1) is 10.5 Å². The van der Waals surface area contributed by atoms with Crippen molar-refractivity contribution in [2.24, 2.45) is 0 Å². The number of benzene rings is 1. The van der Waals surface area contributed by atoms with Gasteiger partial charge >= 0.3 is 12.0 Å². The van der Waals surface area contributed by atoms with Gasteiger partial charge in [-0.15, -0.1) is 0 Å². The van der Waals surface area contributed by atoms with Gasteiger partial charge in [0.1, 0.15) is 0 Å². The summed E-state index contributed by atoms with van der Waals surface area (Å²) in [5, 5.41) is 15.4. The number of carbonyl (C=O) groups excluding carboxylic acids is 3. The molecule has 0 radical (unpaired) electrons. The zero-order chi connectivity index (χ0) is 18.5. The van der Waals surface area contributed by atoms with E-state index in [0.717, 1.165) is 6.07 Å². The zero-order valence-corrected chi connectivity index (χ0v) is 13.8. The minimum absolute atomic E-state index is 0.0563. The monoisotopic (exact) mass is 337 g/mol. The lowest BCUT2D eigenvalue weighted by atomic mass is 10.1. The summed E-state index contributed by atoms with van der Waals surface area (Å²) in [6.07, 6.45) is 0. The molecule has 0 bridgehead atoms. The number of hydrogen-bond acceptors (Lipinski definition) is 6. The fourth-order valence-corrected chi connectivity index (χ4v) is 1.68. The lowest BCUT2D eigenvalue weighted by Crippen LogP contribution is -2.49. The molecule has 0 spiro atoms. The average Bonchev–Trinajstić information content (AvgIpc) is 2.42. The minimum Gasteiger partial charge on any atom is -0.452 e. The number of esters is 1. The maximum absolute atomic E-state index is 11.8.